The third-order valence-electron chi connectivity index (χ3n) is 3.98. The smallest absolute Gasteiger partial charge is 0.243 e. The van der Waals surface area contributed by atoms with Crippen molar-refractivity contribution in [2.45, 2.75) is 6.42 Å². The van der Waals surface area contributed by atoms with E-state index in [0.29, 0.717) is 25.7 Å². The predicted octanol–water partition coefficient (Wildman–Crippen LogP) is 2.47. The summed E-state index contributed by atoms with van der Waals surface area (Å²) in [5.41, 5.74) is 0. The zero-order valence-corrected chi connectivity index (χ0v) is 17.3. The van der Waals surface area contributed by atoms with Crippen LogP contribution in [0.15, 0.2) is 46.8 Å². The molecule has 0 atom stereocenters. The number of guanidine groups is 1. The van der Waals surface area contributed by atoms with Gasteiger partial charge in [0.05, 0.1) is 6.54 Å². The van der Waals surface area contributed by atoms with E-state index in [-0.39, 0.29) is 24.0 Å². The molecule has 0 aliphatic carbocycles. The first-order valence-corrected chi connectivity index (χ1v) is 9.94. The molecule has 1 N–H and O–H groups in total. The molecule has 0 bridgehead atoms. The standard InChI is InChI=1S/C20H27FN4O2S/c1-24(2)19(26)15-23-20(22-11-10-16-7-6-14-28-16)25(3)12-13-27-18-9-5-4-8-17(18)21/h4-9,14H,10-13,15H2,1-3H3,(H,22,23). The topological polar surface area (TPSA) is 57.2 Å². The lowest BCUT2D eigenvalue weighted by molar-refractivity contribution is -0.127. The highest BCUT2D eigenvalue weighted by molar-refractivity contribution is 7.09. The summed E-state index contributed by atoms with van der Waals surface area (Å²) in [6, 6.07) is 10.4. The predicted molar refractivity (Wildman–Crippen MR) is 112 cm³/mol. The third kappa shape index (κ3) is 7.19. The molecule has 0 saturated heterocycles. The average Bonchev–Trinajstić information content (AvgIpc) is 3.19. The van der Waals surface area contributed by atoms with Gasteiger partial charge in [-0.25, -0.2) is 9.38 Å². The molecule has 152 valence electrons. The quantitative estimate of drug-likeness (QED) is 0.514. The van der Waals surface area contributed by atoms with Crippen LogP contribution in [0.25, 0.3) is 0 Å². The maximum atomic E-state index is 13.6. The minimum Gasteiger partial charge on any atom is -0.489 e. The van der Waals surface area contributed by atoms with Crippen molar-refractivity contribution in [3.05, 3.63) is 52.5 Å². The summed E-state index contributed by atoms with van der Waals surface area (Å²) in [7, 11) is 5.27. The number of nitrogens with one attached hydrogen (secondary N) is 1. The zero-order valence-electron chi connectivity index (χ0n) is 16.5. The highest BCUT2D eigenvalue weighted by Crippen LogP contribution is 2.15. The number of benzene rings is 1. The summed E-state index contributed by atoms with van der Waals surface area (Å²) in [5.74, 6) is 0.380. The van der Waals surface area contributed by atoms with Crippen molar-refractivity contribution in [2.75, 3.05) is 47.4 Å². The fraction of sp³-hybridized carbons (Fsp3) is 0.400. The van der Waals surface area contributed by atoms with Gasteiger partial charge in [-0.2, -0.15) is 0 Å². The molecule has 6 nitrogen and oxygen atoms in total. The molecular weight excluding hydrogens is 379 g/mol. The molecule has 0 aliphatic rings. The van der Waals surface area contributed by atoms with Crippen LogP contribution in [-0.4, -0.2) is 69.1 Å². The largest absolute Gasteiger partial charge is 0.489 e. The molecule has 0 aliphatic heterocycles. The Bertz CT molecular complexity index is 765. The number of para-hydroxylation sites is 1. The molecule has 0 spiro atoms. The van der Waals surface area contributed by atoms with Gasteiger partial charge in [0, 0.05) is 32.6 Å². The van der Waals surface area contributed by atoms with E-state index >= 15 is 0 Å². The Labute approximate surface area is 169 Å². The summed E-state index contributed by atoms with van der Waals surface area (Å²) in [4.78, 5) is 21.0. The SMILES string of the molecule is CN(C)C(=O)CN=C(NCCc1cccs1)N(C)CCOc1ccccc1F. The Balaban J connectivity index is 1.90. The van der Waals surface area contributed by atoms with Crippen molar-refractivity contribution in [2.24, 2.45) is 4.99 Å². The number of hydrogen-bond acceptors (Lipinski definition) is 4. The fourth-order valence-electron chi connectivity index (χ4n) is 2.31. The minimum absolute atomic E-state index is 0.0623. The molecule has 0 saturated carbocycles. The molecule has 28 heavy (non-hydrogen) atoms. The van der Waals surface area contributed by atoms with Gasteiger partial charge in [0.25, 0.3) is 0 Å². The minimum atomic E-state index is -0.385. The van der Waals surface area contributed by atoms with Gasteiger partial charge in [0.2, 0.25) is 5.91 Å². The molecule has 1 heterocycles. The van der Waals surface area contributed by atoms with Crippen molar-refractivity contribution in [1.82, 2.24) is 15.1 Å². The second kappa shape index (κ2) is 11.3. The van der Waals surface area contributed by atoms with E-state index in [1.807, 2.05) is 23.4 Å². The van der Waals surface area contributed by atoms with E-state index in [1.165, 1.54) is 15.8 Å². The number of likely N-dealkylation sites (N-methyl/N-ethyl adjacent to an activating group) is 2. The molecule has 0 unspecified atom stereocenters. The molecule has 8 heteroatoms. The summed E-state index contributed by atoms with van der Waals surface area (Å²) in [6.45, 7) is 1.56. The molecular formula is C20H27FN4O2S. The second-order valence-corrected chi connectivity index (χ2v) is 7.42. The van der Waals surface area contributed by atoms with E-state index in [4.69, 9.17) is 4.74 Å². The number of ether oxygens (including phenoxy) is 1. The normalized spacial score (nSPS) is 11.2. The van der Waals surface area contributed by atoms with Crippen LogP contribution in [0.2, 0.25) is 0 Å². The van der Waals surface area contributed by atoms with Crippen LogP contribution >= 0.6 is 11.3 Å². The van der Waals surface area contributed by atoms with Crippen LogP contribution in [0, 0.1) is 5.82 Å². The Kier molecular flexibility index (Phi) is 8.74. The average molecular weight is 407 g/mol. The number of nitrogens with zero attached hydrogens (tertiary/aromatic N) is 3. The molecule has 2 aromatic rings. The Hall–Kier alpha value is -2.61. The van der Waals surface area contributed by atoms with E-state index in [2.05, 4.69) is 16.4 Å². The lowest BCUT2D eigenvalue weighted by Crippen LogP contribution is -2.42. The number of carbonyl (C=O) groups is 1. The van der Waals surface area contributed by atoms with Crippen LogP contribution < -0.4 is 10.1 Å². The molecule has 1 amide bonds. The number of thiophene rings is 1. The van der Waals surface area contributed by atoms with Crippen molar-refractivity contribution in [3.8, 4) is 5.75 Å². The summed E-state index contributed by atoms with van der Waals surface area (Å²) in [5, 5.41) is 5.34. The van der Waals surface area contributed by atoms with Crippen LogP contribution in [-0.2, 0) is 11.2 Å². The Morgan fingerprint density at radius 2 is 2.00 bits per heavy atom. The van der Waals surface area contributed by atoms with E-state index < -0.39 is 0 Å². The zero-order chi connectivity index (χ0) is 20.4. The Morgan fingerprint density at radius 1 is 1.21 bits per heavy atom. The Morgan fingerprint density at radius 3 is 2.68 bits per heavy atom. The molecule has 0 fully saturated rings. The van der Waals surface area contributed by atoms with Gasteiger partial charge in [0.15, 0.2) is 17.5 Å². The van der Waals surface area contributed by atoms with Gasteiger partial charge >= 0.3 is 0 Å². The van der Waals surface area contributed by atoms with E-state index in [0.717, 1.165) is 6.42 Å². The van der Waals surface area contributed by atoms with Crippen molar-refractivity contribution < 1.29 is 13.9 Å². The van der Waals surface area contributed by atoms with Gasteiger partial charge < -0.3 is 19.9 Å². The molecule has 1 aromatic heterocycles. The van der Waals surface area contributed by atoms with Crippen LogP contribution in [0.1, 0.15) is 4.88 Å². The van der Waals surface area contributed by atoms with Crippen LogP contribution in [0.4, 0.5) is 4.39 Å². The van der Waals surface area contributed by atoms with Gasteiger partial charge in [-0.3, -0.25) is 4.79 Å². The summed E-state index contributed by atoms with van der Waals surface area (Å²) >= 11 is 1.71. The first kappa shape index (κ1) is 21.7. The van der Waals surface area contributed by atoms with Gasteiger partial charge in [0.1, 0.15) is 13.2 Å². The number of aliphatic imine (C=N–C) groups is 1. The van der Waals surface area contributed by atoms with Crippen molar-refractivity contribution in [1.29, 1.82) is 0 Å². The second-order valence-electron chi connectivity index (χ2n) is 6.38. The first-order chi connectivity index (χ1) is 13.5. The molecule has 2 rings (SSSR count). The number of rotatable bonds is 9. The maximum Gasteiger partial charge on any atom is 0.243 e. The third-order valence-corrected chi connectivity index (χ3v) is 4.92. The van der Waals surface area contributed by atoms with E-state index in [9.17, 15) is 9.18 Å². The number of halogens is 1. The van der Waals surface area contributed by atoms with Gasteiger partial charge in [-0.1, -0.05) is 18.2 Å². The monoisotopic (exact) mass is 406 g/mol. The summed E-state index contributed by atoms with van der Waals surface area (Å²) < 4.78 is 19.2. The summed E-state index contributed by atoms with van der Waals surface area (Å²) in [6.07, 6.45) is 0.873. The highest BCUT2D eigenvalue weighted by Gasteiger charge is 2.10. The lowest BCUT2D eigenvalue weighted by atomic mass is 10.3. The first-order valence-electron chi connectivity index (χ1n) is 9.06. The number of carbonyl (C=O) groups excluding carboxylic acids is 1. The lowest BCUT2D eigenvalue weighted by Gasteiger charge is -2.23. The molecule has 0 radical (unpaired) electrons. The van der Waals surface area contributed by atoms with Crippen molar-refractivity contribution in [3.63, 3.8) is 0 Å². The number of amides is 1. The van der Waals surface area contributed by atoms with Crippen molar-refractivity contribution >= 4 is 23.2 Å². The van der Waals surface area contributed by atoms with Crippen LogP contribution in [0.3, 0.4) is 0 Å². The number of hydrogen-bond donors (Lipinski definition) is 1. The molecule has 1 aromatic carbocycles. The van der Waals surface area contributed by atoms with Crippen LogP contribution in [0.5, 0.6) is 5.75 Å². The van der Waals surface area contributed by atoms with E-state index in [1.54, 1.807) is 43.6 Å². The van der Waals surface area contributed by atoms with Gasteiger partial charge in [-0.05, 0) is 30.0 Å². The highest BCUT2D eigenvalue weighted by atomic mass is 32.1. The fourth-order valence-corrected chi connectivity index (χ4v) is 3.02. The van der Waals surface area contributed by atoms with Gasteiger partial charge in [-0.15, -0.1) is 11.3 Å². The maximum absolute atomic E-state index is 13.6.